The fourth-order valence-corrected chi connectivity index (χ4v) is 1.83. The van der Waals surface area contributed by atoms with Crippen LogP contribution in [0.15, 0.2) is 48.5 Å². The van der Waals surface area contributed by atoms with Crippen molar-refractivity contribution in [2.24, 2.45) is 0 Å². The van der Waals surface area contributed by atoms with E-state index in [1.165, 1.54) is 0 Å². The Bertz CT molecular complexity index is 575. The van der Waals surface area contributed by atoms with Crippen LogP contribution in [0, 0.1) is 0 Å². The summed E-state index contributed by atoms with van der Waals surface area (Å²) < 4.78 is 10.9. The summed E-state index contributed by atoms with van der Waals surface area (Å²) in [6.07, 6.45) is 0.0354. The van der Waals surface area contributed by atoms with Crippen molar-refractivity contribution in [2.45, 2.75) is 13.0 Å². The van der Waals surface area contributed by atoms with Crippen molar-refractivity contribution < 1.29 is 19.4 Å². The first kappa shape index (κ1) is 13.9. The van der Waals surface area contributed by atoms with Crippen LogP contribution >= 0.6 is 0 Å². The van der Waals surface area contributed by atoms with Gasteiger partial charge in [0.15, 0.2) is 11.5 Å². The Labute approximate surface area is 117 Å². The number of ether oxygens (including phenoxy) is 2. The molecule has 0 radical (unpaired) electrons. The molecule has 0 bridgehead atoms. The lowest BCUT2D eigenvalue weighted by Crippen LogP contribution is -2.01. The maximum Gasteiger partial charge on any atom is 0.307 e. The van der Waals surface area contributed by atoms with Gasteiger partial charge >= 0.3 is 5.97 Å². The molecule has 0 aliphatic rings. The van der Waals surface area contributed by atoms with E-state index >= 15 is 0 Å². The first-order valence-corrected chi connectivity index (χ1v) is 6.24. The molecule has 0 aliphatic heterocycles. The molecule has 2 rings (SSSR count). The van der Waals surface area contributed by atoms with Crippen molar-refractivity contribution in [2.75, 3.05) is 7.11 Å². The van der Waals surface area contributed by atoms with Crippen LogP contribution in [0.2, 0.25) is 0 Å². The molecule has 0 fully saturated rings. The third-order valence-corrected chi connectivity index (χ3v) is 2.84. The molecule has 2 aromatic rings. The highest BCUT2D eigenvalue weighted by Crippen LogP contribution is 2.26. The van der Waals surface area contributed by atoms with E-state index in [9.17, 15) is 4.79 Å². The number of hydrogen-bond acceptors (Lipinski definition) is 3. The third-order valence-electron chi connectivity index (χ3n) is 2.84. The zero-order valence-electron chi connectivity index (χ0n) is 11.2. The molecule has 0 heterocycles. The van der Waals surface area contributed by atoms with Gasteiger partial charge in [0.2, 0.25) is 0 Å². The van der Waals surface area contributed by atoms with Crippen LogP contribution in [0.1, 0.15) is 11.1 Å². The Balaban J connectivity index is 1.98. The Morgan fingerprint density at radius 3 is 2.20 bits per heavy atom. The molecule has 0 spiro atoms. The van der Waals surface area contributed by atoms with Gasteiger partial charge in [0, 0.05) is 0 Å². The highest BCUT2D eigenvalue weighted by atomic mass is 16.5. The minimum absolute atomic E-state index is 0.0354. The van der Waals surface area contributed by atoms with E-state index in [-0.39, 0.29) is 6.42 Å². The lowest BCUT2D eigenvalue weighted by molar-refractivity contribution is -0.136. The highest BCUT2D eigenvalue weighted by Gasteiger charge is 2.04. The molecule has 2 aromatic carbocycles. The molecule has 4 heteroatoms. The molecule has 4 nitrogen and oxygen atoms in total. The number of carbonyl (C=O) groups is 1. The minimum atomic E-state index is -0.831. The summed E-state index contributed by atoms with van der Waals surface area (Å²) in [6, 6.07) is 14.8. The van der Waals surface area contributed by atoms with E-state index in [1.807, 2.05) is 36.4 Å². The third kappa shape index (κ3) is 3.75. The summed E-state index contributed by atoms with van der Waals surface area (Å²) in [4.78, 5) is 10.6. The molecule has 104 valence electrons. The van der Waals surface area contributed by atoms with Crippen molar-refractivity contribution in [1.82, 2.24) is 0 Å². The predicted molar refractivity (Wildman–Crippen MR) is 75.1 cm³/mol. The topological polar surface area (TPSA) is 55.8 Å². The average molecular weight is 272 g/mol. The zero-order chi connectivity index (χ0) is 14.4. The smallest absolute Gasteiger partial charge is 0.307 e. The van der Waals surface area contributed by atoms with Crippen molar-refractivity contribution in [3.05, 3.63) is 59.7 Å². The molecule has 0 amide bonds. The second kappa shape index (κ2) is 6.61. The van der Waals surface area contributed by atoms with Gasteiger partial charge in [0.1, 0.15) is 6.61 Å². The van der Waals surface area contributed by atoms with Gasteiger partial charge in [-0.05, 0) is 23.3 Å². The molecule has 20 heavy (non-hydrogen) atoms. The first-order valence-electron chi connectivity index (χ1n) is 6.24. The second-order valence-corrected chi connectivity index (χ2v) is 4.33. The van der Waals surface area contributed by atoms with Crippen molar-refractivity contribution >= 4 is 5.97 Å². The van der Waals surface area contributed by atoms with E-state index < -0.39 is 5.97 Å². The second-order valence-electron chi connectivity index (χ2n) is 4.33. The van der Waals surface area contributed by atoms with Crippen LogP contribution in [0.25, 0.3) is 0 Å². The average Bonchev–Trinajstić information content (AvgIpc) is 2.46. The summed E-state index contributed by atoms with van der Waals surface area (Å²) in [6.45, 7) is 0.410. The van der Waals surface area contributed by atoms with Crippen molar-refractivity contribution in [3.8, 4) is 11.5 Å². The fourth-order valence-electron chi connectivity index (χ4n) is 1.83. The molecule has 0 saturated heterocycles. The zero-order valence-corrected chi connectivity index (χ0v) is 11.2. The molecular weight excluding hydrogens is 256 g/mol. The number of aliphatic carboxylic acids is 1. The summed E-state index contributed by atoms with van der Waals surface area (Å²) >= 11 is 0. The summed E-state index contributed by atoms with van der Waals surface area (Å²) in [5.74, 6) is 0.544. The Morgan fingerprint density at radius 2 is 1.60 bits per heavy atom. The Hall–Kier alpha value is -2.49. The standard InChI is InChI=1S/C16H16O4/c1-19-14-4-2-3-5-15(14)20-11-13-8-6-12(7-9-13)10-16(17)18/h2-9H,10-11H2,1H3,(H,17,18). The quantitative estimate of drug-likeness (QED) is 0.878. The van der Waals surface area contributed by atoms with Crippen LogP contribution < -0.4 is 9.47 Å². The Morgan fingerprint density at radius 1 is 1.00 bits per heavy atom. The summed E-state index contributed by atoms with van der Waals surface area (Å²) in [5, 5.41) is 8.71. The van der Waals surface area contributed by atoms with Gasteiger partial charge in [-0.25, -0.2) is 0 Å². The number of rotatable bonds is 6. The van der Waals surface area contributed by atoms with Crippen LogP contribution in [-0.2, 0) is 17.8 Å². The highest BCUT2D eigenvalue weighted by molar-refractivity contribution is 5.70. The molecule has 0 saturated carbocycles. The normalized spacial score (nSPS) is 10.1. The first-order chi connectivity index (χ1) is 9.69. The van der Waals surface area contributed by atoms with Crippen molar-refractivity contribution in [3.63, 3.8) is 0 Å². The molecule has 0 atom stereocenters. The van der Waals surface area contributed by atoms with E-state index in [4.69, 9.17) is 14.6 Å². The van der Waals surface area contributed by atoms with Gasteiger partial charge in [-0.2, -0.15) is 0 Å². The maximum absolute atomic E-state index is 10.6. The lowest BCUT2D eigenvalue weighted by Gasteiger charge is -2.10. The largest absolute Gasteiger partial charge is 0.493 e. The summed E-state index contributed by atoms with van der Waals surface area (Å²) in [5.41, 5.74) is 1.75. The number of carboxylic acids is 1. The van der Waals surface area contributed by atoms with E-state index in [1.54, 1.807) is 19.2 Å². The monoisotopic (exact) mass is 272 g/mol. The maximum atomic E-state index is 10.6. The Kier molecular flexibility index (Phi) is 4.60. The van der Waals surface area contributed by atoms with Gasteiger partial charge in [0.25, 0.3) is 0 Å². The number of benzene rings is 2. The SMILES string of the molecule is COc1ccccc1OCc1ccc(CC(=O)O)cc1. The molecular formula is C16H16O4. The fraction of sp³-hybridized carbons (Fsp3) is 0.188. The number of para-hydroxylation sites is 2. The van der Waals surface area contributed by atoms with Crippen molar-refractivity contribution in [1.29, 1.82) is 0 Å². The van der Waals surface area contributed by atoms with E-state index in [0.717, 1.165) is 11.1 Å². The molecule has 1 N–H and O–H groups in total. The van der Waals surface area contributed by atoms with Crippen LogP contribution in [0.3, 0.4) is 0 Å². The van der Waals surface area contributed by atoms with Gasteiger partial charge in [0.05, 0.1) is 13.5 Å². The van der Waals surface area contributed by atoms with Gasteiger partial charge in [-0.1, -0.05) is 36.4 Å². The number of methoxy groups -OCH3 is 1. The van der Waals surface area contributed by atoms with E-state index in [0.29, 0.717) is 18.1 Å². The molecule has 0 unspecified atom stereocenters. The number of hydrogen-bond donors (Lipinski definition) is 1. The van der Waals surface area contributed by atoms with Crippen LogP contribution in [0.4, 0.5) is 0 Å². The molecule has 0 aliphatic carbocycles. The van der Waals surface area contributed by atoms with E-state index in [2.05, 4.69) is 0 Å². The number of carboxylic acid groups (broad SMARTS) is 1. The molecule has 0 aromatic heterocycles. The predicted octanol–water partition coefficient (Wildman–Crippen LogP) is 2.90. The van der Waals surface area contributed by atoms with Crippen LogP contribution in [0.5, 0.6) is 11.5 Å². The van der Waals surface area contributed by atoms with Crippen LogP contribution in [-0.4, -0.2) is 18.2 Å². The van der Waals surface area contributed by atoms with Gasteiger partial charge in [-0.15, -0.1) is 0 Å². The minimum Gasteiger partial charge on any atom is -0.493 e. The van der Waals surface area contributed by atoms with Gasteiger partial charge < -0.3 is 14.6 Å². The van der Waals surface area contributed by atoms with Gasteiger partial charge in [-0.3, -0.25) is 4.79 Å². The lowest BCUT2D eigenvalue weighted by atomic mass is 10.1. The summed E-state index contributed by atoms with van der Waals surface area (Å²) in [7, 11) is 1.60.